The summed E-state index contributed by atoms with van der Waals surface area (Å²) in [5.74, 6) is 2.09. The molecule has 1 atom stereocenters. The van der Waals surface area contributed by atoms with Crippen LogP contribution in [-0.4, -0.2) is 17.9 Å². The van der Waals surface area contributed by atoms with Crippen LogP contribution in [0.5, 0.6) is 0 Å². The predicted octanol–water partition coefficient (Wildman–Crippen LogP) is 4.69. The number of aliphatic imine (C=N–C) groups is 1. The van der Waals surface area contributed by atoms with Crippen molar-refractivity contribution in [2.75, 3.05) is 6.54 Å². The van der Waals surface area contributed by atoms with Gasteiger partial charge in [-0.3, -0.25) is 4.99 Å². The van der Waals surface area contributed by atoms with E-state index in [4.69, 9.17) is 4.99 Å². The highest BCUT2D eigenvalue weighted by Crippen LogP contribution is 2.39. The first-order valence-corrected chi connectivity index (χ1v) is 8.62. The van der Waals surface area contributed by atoms with Gasteiger partial charge in [-0.15, -0.1) is 0 Å². The molecule has 0 radical (unpaired) electrons. The molecule has 1 aliphatic carbocycles. The molecule has 1 N–H and O–H groups in total. The molecule has 1 fully saturated rings. The maximum atomic E-state index is 4.83. The van der Waals surface area contributed by atoms with Gasteiger partial charge in [0, 0.05) is 5.92 Å². The largest absolute Gasteiger partial charge is 0.366 e. The molecule has 1 spiro atoms. The smallest absolute Gasteiger partial charge is 0.1000 e. The second-order valence-electron chi connectivity index (χ2n) is 6.65. The van der Waals surface area contributed by atoms with Gasteiger partial charge in [-0.2, -0.15) is 0 Å². The summed E-state index contributed by atoms with van der Waals surface area (Å²) >= 11 is 0. The van der Waals surface area contributed by atoms with E-state index < -0.39 is 0 Å². The third-order valence-electron chi connectivity index (χ3n) is 4.75. The Bertz CT molecular complexity index is 292. The van der Waals surface area contributed by atoms with E-state index >= 15 is 0 Å². The molecule has 1 aliphatic heterocycles. The lowest BCUT2D eigenvalue weighted by Gasteiger charge is -2.19. The van der Waals surface area contributed by atoms with Crippen molar-refractivity contribution in [1.29, 1.82) is 0 Å². The number of rotatable bonds is 10. The zero-order valence-electron chi connectivity index (χ0n) is 13.0. The SMILES string of the molecule is CCCCCCC(CCCCC)C1=NCC2(CC2)N1. The average Bonchev–Trinajstić information content (AvgIpc) is 3.03. The molecular weight excluding hydrogens is 232 g/mol. The topological polar surface area (TPSA) is 24.4 Å². The van der Waals surface area contributed by atoms with Crippen molar-refractivity contribution in [3.8, 4) is 0 Å². The predicted molar refractivity (Wildman–Crippen MR) is 83.8 cm³/mol. The van der Waals surface area contributed by atoms with Crippen LogP contribution in [0.1, 0.15) is 84.5 Å². The summed E-state index contributed by atoms with van der Waals surface area (Å²) in [6.45, 7) is 5.64. The van der Waals surface area contributed by atoms with E-state index in [0.29, 0.717) is 5.54 Å². The molecule has 19 heavy (non-hydrogen) atoms. The van der Waals surface area contributed by atoms with Crippen LogP contribution in [0.4, 0.5) is 0 Å². The van der Waals surface area contributed by atoms with E-state index in [1.807, 2.05) is 0 Å². The Kier molecular flexibility index (Phi) is 5.72. The van der Waals surface area contributed by atoms with Crippen molar-refractivity contribution >= 4 is 5.84 Å². The fourth-order valence-corrected chi connectivity index (χ4v) is 3.13. The second kappa shape index (κ2) is 7.31. The van der Waals surface area contributed by atoms with Crippen LogP contribution in [0.25, 0.3) is 0 Å². The summed E-state index contributed by atoms with van der Waals surface area (Å²) in [5.41, 5.74) is 0.432. The summed E-state index contributed by atoms with van der Waals surface area (Å²) in [4.78, 5) is 4.83. The molecule has 0 aromatic rings. The zero-order chi connectivity index (χ0) is 13.6. The van der Waals surface area contributed by atoms with E-state index in [2.05, 4.69) is 19.2 Å². The standard InChI is InChI=1S/C17H32N2/c1-3-5-7-9-11-15(10-8-6-4-2)16-18-14-17(19-16)12-13-17/h15H,3-14H2,1-2H3,(H,18,19). The van der Waals surface area contributed by atoms with Gasteiger partial charge in [0.1, 0.15) is 0 Å². The van der Waals surface area contributed by atoms with Crippen molar-refractivity contribution in [3.63, 3.8) is 0 Å². The second-order valence-corrected chi connectivity index (χ2v) is 6.65. The molecule has 0 amide bonds. The lowest BCUT2D eigenvalue weighted by atomic mass is 9.93. The molecule has 0 bridgehead atoms. The molecule has 2 heteroatoms. The lowest BCUT2D eigenvalue weighted by molar-refractivity contribution is 0.488. The Morgan fingerprint density at radius 1 is 1.00 bits per heavy atom. The van der Waals surface area contributed by atoms with Crippen molar-refractivity contribution in [2.24, 2.45) is 10.9 Å². The Morgan fingerprint density at radius 3 is 2.21 bits per heavy atom. The van der Waals surface area contributed by atoms with Gasteiger partial charge < -0.3 is 5.32 Å². The van der Waals surface area contributed by atoms with Crippen LogP contribution in [-0.2, 0) is 0 Å². The Hall–Kier alpha value is -0.530. The number of hydrogen-bond donors (Lipinski definition) is 1. The minimum absolute atomic E-state index is 0.432. The number of amidine groups is 1. The van der Waals surface area contributed by atoms with Gasteiger partial charge in [-0.05, 0) is 25.7 Å². The lowest BCUT2D eigenvalue weighted by Crippen LogP contribution is -2.36. The van der Waals surface area contributed by atoms with Crippen molar-refractivity contribution in [2.45, 2.75) is 90.0 Å². The van der Waals surface area contributed by atoms with Crippen molar-refractivity contribution in [1.82, 2.24) is 5.32 Å². The average molecular weight is 264 g/mol. The Balaban J connectivity index is 1.75. The summed E-state index contributed by atoms with van der Waals surface area (Å²) < 4.78 is 0. The number of nitrogens with zero attached hydrogens (tertiary/aromatic N) is 1. The highest BCUT2D eigenvalue weighted by Gasteiger charge is 2.47. The van der Waals surface area contributed by atoms with Crippen LogP contribution >= 0.6 is 0 Å². The molecule has 1 saturated carbocycles. The van der Waals surface area contributed by atoms with E-state index in [-0.39, 0.29) is 0 Å². The van der Waals surface area contributed by atoms with Gasteiger partial charge in [0.05, 0.1) is 17.9 Å². The zero-order valence-corrected chi connectivity index (χ0v) is 13.0. The highest BCUT2D eigenvalue weighted by atomic mass is 15.2. The van der Waals surface area contributed by atoms with Crippen molar-refractivity contribution in [3.05, 3.63) is 0 Å². The minimum Gasteiger partial charge on any atom is -0.366 e. The summed E-state index contributed by atoms with van der Waals surface area (Å²) in [6.07, 6.45) is 15.0. The van der Waals surface area contributed by atoms with Gasteiger partial charge in [0.15, 0.2) is 0 Å². The molecule has 0 saturated heterocycles. The molecule has 0 aromatic carbocycles. The van der Waals surface area contributed by atoms with Crippen LogP contribution in [0.3, 0.4) is 0 Å². The monoisotopic (exact) mass is 264 g/mol. The molecule has 1 unspecified atom stereocenters. The quantitative estimate of drug-likeness (QED) is 0.569. The fraction of sp³-hybridized carbons (Fsp3) is 0.941. The summed E-state index contributed by atoms with van der Waals surface area (Å²) in [5, 5.41) is 3.76. The molecule has 2 rings (SSSR count). The molecule has 1 heterocycles. The van der Waals surface area contributed by atoms with E-state index in [1.54, 1.807) is 0 Å². The molecule has 0 aromatic heterocycles. The fourth-order valence-electron chi connectivity index (χ4n) is 3.13. The van der Waals surface area contributed by atoms with E-state index in [0.717, 1.165) is 12.5 Å². The Labute approximate surface area is 119 Å². The van der Waals surface area contributed by atoms with Crippen LogP contribution in [0.15, 0.2) is 4.99 Å². The first-order valence-electron chi connectivity index (χ1n) is 8.62. The number of hydrogen-bond acceptors (Lipinski definition) is 2. The van der Waals surface area contributed by atoms with E-state index in [9.17, 15) is 0 Å². The highest BCUT2D eigenvalue weighted by molar-refractivity contribution is 5.87. The molecule has 2 nitrogen and oxygen atoms in total. The third-order valence-corrected chi connectivity index (χ3v) is 4.75. The van der Waals surface area contributed by atoms with Gasteiger partial charge in [-0.1, -0.05) is 58.8 Å². The third kappa shape index (κ3) is 4.50. The normalized spacial score (nSPS) is 21.3. The van der Waals surface area contributed by atoms with Crippen LogP contribution < -0.4 is 5.32 Å². The van der Waals surface area contributed by atoms with E-state index in [1.165, 1.54) is 76.5 Å². The Morgan fingerprint density at radius 2 is 1.63 bits per heavy atom. The summed E-state index contributed by atoms with van der Waals surface area (Å²) in [7, 11) is 0. The first-order chi connectivity index (χ1) is 9.29. The minimum atomic E-state index is 0.432. The van der Waals surface area contributed by atoms with Gasteiger partial charge in [0.25, 0.3) is 0 Å². The number of nitrogens with one attached hydrogen (secondary N) is 1. The van der Waals surface area contributed by atoms with Crippen molar-refractivity contribution < 1.29 is 0 Å². The molecular formula is C17H32N2. The maximum Gasteiger partial charge on any atom is 0.1000 e. The van der Waals surface area contributed by atoms with Gasteiger partial charge >= 0.3 is 0 Å². The molecule has 2 aliphatic rings. The maximum absolute atomic E-state index is 4.83. The van der Waals surface area contributed by atoms with Gasteiger partial charge in [0.2, 0.25) is 0 Å². The van der Waals surface area contributed by atoms with Gasteiger partial charge in [-0.25, -0.2) is 0 Å². The summed E-state index contributed by atoms with van der Waals surface area (Å²) in [6, 6.07) is 0. The molecule has 110 valence electrons. The number of unbranched alkanes of at least 4 members (excludes halogenated alkanes) is 5. The first kappa shape index (κ1) is 14.9. The van der Waals surface area contributed by atoms with Crippen LogP contribution in [0.2, 0.25) is 0 Å². The van der Waals surface area contributed by atoms with Crippen LogP contribution in [0, 0.1) is 5.92 Å².